The molecule has 1 aliphatic rings. The number of nitrogens with one attached hydrogen (secondary N) is 1. The largest absolute Gasteiger partial charge is 0.416 e. The standard InChI is InChI=1S/C19H16F3N5OS/c20-19(21,22)13-3-1-2-12(8-13)10-27-7-4-14-16(11-27)29-18(25-14)26-17(28)15-9-23-5-6-24-15/h1-3,5-6,8-9H,4,7,10-11H2,(H,25,26,28). The van der Waals surface area contributed by atoms with Crippen LogP contribution in [0.3, 0.4) is 0 Å². The maximum Gasteiger partial charge on any atom is 0.416 e. The topological polar surface area (TPSA) is 71.0 Å². The van der Waals surface area contributed by atoms with E-state index in [0.717, 1.165) is 16.6 Å². The zero-order valence-corrected chi connectivity index (χ0v) is 15.9. The molecule has 0 unspecified atom stereocenters. The third-order valence-corrected chi connectivity index (χ3v) is 5.48. The monoisotopic (exact) mass is 419 g/mol. The van der Waals surface area contributed by atoms with Crippen molar-refractivity contribution in [3.8, 4) is 0 Å². The molecule has 0 radical (unpaired) electrons. The number of halogens is 3. The molecule has 0 atom stereocenters. The van der Waals surface area contributed by atoms with E-state index >= 15 is 0 Å². The number of alkyl halides is 3. The average molecular weight is 419 g/mol. The van der Waals surface area contributed by atoms with Crippen molar-refractivity contribution in [3.63, 3.8) is 0 Å². The lowest BCUT2D eigenvalue weighted by Crippen LogP contribution is -2.29. The molecule has 0 bridgehead atoms. The average Bonchev–Trinajstić information content (AvgIpc) is 3.09. The first kappa shape index (κ1) is 19.5. The highest BCUT2D eigenvalue weighted by Crippen LogP contribution is 2.31. The van der Waals surface area contributed by atoms with Gasteiger partial charge in [-0.05, 0) is 11.6 Å². The Morgan fingerprint density at radius 1 is 1.28 bits per heavy atom. The number of benzene rings is 1. The lowest BCUT2D eigenvalue weighted by atomic mass is 10.1. The summed E-state index contributed by atoms with van der Waals surface area (Å²) in [6.07, 6.45) is 0.621. The number of carbonyl (C=O) groups is 1. The van der Waals surface area contributed by atoms with Gasteiger partial charge in [-0.25, -0.2) is 9.97 Å². The van der Waals surface area contributed by atoms with E-state index in [9.17, 15) is 18.0 Å². The zero-order chi connectivity index (χ0) is 20.4. The van der Waals surface area contributed by atoms with Crippen LogP contribution in [-0.4, -0.2) is 32.3 Å². The van der Waals surface area contributed by atoms with Crippen molar-refractivity contribution in [2.75, 3.05) is 11.9 Å². The third-order valence-electron chi connectivity index (χ3n) is 4.49. The van der Waals surface area contributed by atoms with Gasteiger partial charge in [0.05, 0.1) is 17.5 Å². The molecular weight excluding hydrogens is 403 g/mol. The van der Waals surface area contributed by atoms with E-state index in [1.165, 1.54) is 42.1 Å². The number of aromatic nitrogens is 3. The summed E-state index contributed by atoms with van der Waals surface area (Å²) in [6.45, 7) is 1.68. The molecule has 3 heterocycles. The maximum atomic E-state index is 12.9. The van der Waals surface area contributed by atoms with Crippen LogP contribution in [0, 0.1) is 0 Å². The molecule has 1 amide bonds. The number of hydrogen-bond acceptors (Lipinski definition) is 6. The minimum atomic E-state index is -4.35. The predicted octanol–water partition coefficient (Wildman–Crippen LogP) is 3.76. The van der Waals surface area contributed by atoms with Gasteiger partial charge in [0.15, 0.2) is 5.13 Å². The van der Waals surface area contributed by atoms with Gasteiger partial charge >= 0.3 is 6.18 Å². The van der Waals surface area contributed by atoms with E-state index in [-0.39, 0.29) is 11.6 Å². The molecule has 6 nitrogen and oxygen atoms in total. The molecule has 1 N–H and O–H groups in total. The molecule has 4 rings (SSSR count). The number of nitrogens with zero attached hydrogens (tertiary/aromatic N) is 4. The Kier molecular flexibility index (Phi) is 5.29. The van der Waals surface area contributed by atoms with Crippen LogP contribution < -0.4 is 5.32 Å². The van der Waals surface area contributed by atoms with Crippen molar-refractivity contribution < 1.29 is 18.0 Å². The lowest BCUT2D eigenvalue weighted by molar-refractivity contribution is -0.137. The Morgan fingerprint density at radius 3 is 2.90 bits per heavy atom. The first-order valence-corrected chi connectivity index (χ1v) is 9.64. The summed E-state index contributed by atoms with van der Waals surface area (Å²) in [5.41, 5.74) is 1.08. The van der Waals surface area contributed by atoms with Gasteiger partial charge in [0.25, 0.3) is 5.91 Å². The smallest absolute Gasteiger partial charge is 0.296 e. The summed E-state index contributed by atoms with van der Waals surface area (Å²) in [6, 6.07) is 5.39. The molecule has 1 aromatic carbocycles. The first-order valence-electron chi connectivity index (χ1n) is 8.83. The molecule has 0 saturated heterocycles. The van der Waals surface area contributed by atoms with Crippen molar-refractivity contribution >= 4 is 22.4 Å². The number of thiazole rings is 1. The van der Waals surface area contributed by atoms with Gasteiger partial charge in [0.1, 0.15) is 5.69 Å². The Balaban J connectivity index is 1.42. The fraction of sp³-hybridized carbons (Fsp3) is 0.263. The molecule has 0 spiro atoms. The van der Waals surface area contributed by atoms with Crippen LogP contribution in [0.1, 0.15) is 32.2 Å². The summed E-state index contributed by atoms with van der Waals surface area (Å²) in [4.78, 5) is 27.6. The molecule has 0 aliphatic carbocycles. The van der Waals surface area contributed by atoms with E-state index in [1.807, 2.05) is 0 Å². The highest BCUT2D eigenvalue weighted by atomic mass is 32.1. The summed E-state index contributed by atoms with van der Waals surface area (Å²) in [5, 5.41) is 3.20. The van der Waals surface area contributed by atoms with Crippen LogP contribution in [0.25, 0.3) is 0 Å². The zero-order valence-electron chi connectivity index (χ0n) is 15.1. The SMILES string of the molecule is O=C(Nc1nc2c(s1)CN(Cc1cccc(C(F)(F)F)c1)CC2)c1cnccn1. The van der Waals surface area contributed by atoms with E-state index < -0.39 is 11.7 Å². The van der Waals surface area contributed by atoms with Crippen LogP contribution in [0.5, 0.6) is 0 Å². The fourth-order valence-corrected chi connectivity index (χ4v) is 4.16. The minimum Gasteiger partial charge on any atom is -0.296 e. The molecule has 1 aliphatic heterocycles. The second-order valence-corrected chi connectivity index (χ2v) is 7.68. The van der Waals surface area contributed by atoms with Crippen molar-refractivity contribution in [3.05, 3.63) is 70.2 Å². The van der Waals surface area contributed by atoms with E-state index in [4.69, 9.17) is 0 Å². The molecule has 0 fully saturated rings. The lowest BCUT2D eigenvalue weighted by Gasteiger charge is -2.26. The van der Waals surface area contributed by atoms with Crippen LogP contribution in [0.4, 0.5) is 18.3 Å². The van der Waals surface area contributed by atoms with Gasteiger partial charge in [0, 0.05) is 43.3 Å². The van der Waals surface area contributed by atoms with Crippen molar-refractivity contribution in [2.24, 2.45) is 0 Å². The van der Waals surface area contributed by atoms with Crippen molar-refractivity contribution in [1.82, 2.24) is 19.9 Å². The Labute approximate surface area is 168 Å². The van der Waals surface area contributed by atoms with Crippen LogP contribution in [0.2, 0.25) is 0 Å². The number of anilines is 1. The number of amides is 1. The molecule has 10 heteroatoms. The third kappa shape index (κ3) is 4.60. The number of carbonyl (C=O) groups excluding carboxylic acids is 1. The molecule has 3 aromatic rings. The molecule has 2 aromatic heterocycles. The second kappa shape index (κ2) is 7.88. The Hall–Kier alpha value is -2.85. The van der Waals surface area contributed by atoms with Gasteiger partial charge < -0.3 is 0 Å². The molecule has 29 heavy (non-hydrogen) atoms. The number of rotatable bonds is 4. The Bertz CT molecular complexity index is 1020. The van der Waals surface area contributed by atoms with Gasteiger partial charge in [-0.1, -0.05) is 18.2 Å². The summed E-state index contributed by atoms with van der Waals surface area (Å²) < 4.78 is 38.7. The first-order chi connectivity index (χ1) is 13.9. The van der Waals surface area contributed by atoms with Gasteiger partial charge in [0.2, 0.25) is 0 Å². The number of hydrogen-bond donors (Lipinski definition) is 1. The van der Waals surface area contributed by atoms with Gasteiger partial charge in [-0.15, -0.1) is 11.3 Å². The van der Waals surface area contributed by atoms with Gasteiger partial charge in [-0.3, -0.25) is 20.0 Å². The Morgan fingerprint density at radius 2 is 2.14 bits per heavy atom. The normalized spacial score (nSPS) is 14.4. The highest BCUT2D eigenvalue weighted by Gasteiger charge is 2.30. The number of fused-ring (bicyclic) bond motifs is 1. The van der Waals surface area contributed by atoms with Crippen molar-refractivity contribution in [1.29, 1.82) is 0 Å². The molecule has 0 saturated carbocycles. The fourth-order valence-electron chi connectivity index (χ4n) is 3.12. The summed E-state index contributed by atoms with van der Waals surface area (Å²) in [5.74, 6) is -0.384. The predicted molar refractivity (Wildman–Crippen MR) is 101 cm³/mol. The van der Waals surface area contributed by atoms with E-state index in [1.54, 1.807) is 6.07 Å². The van der Waals surface area contributed by atoms with Crippen LogP contribution >= 0.6 is 11.3 Å². The molecular formula is C19H16F3N5OS. The van der Waals surface area contributed by atoms with E-state index in [0.29, 0.717) is 36.8 Å². The quantitative estimate of drug-likeness (QED) is 0.697. The summed E-state index contributed by atoms with van der Waals surface area (Å²) in [7, 11) is 0. The minimum absolute atomic E-state index is 0.201. The highest BCUT2D eigenvalue weighted by molar-refractivity contribution is 7.15. The van der Waals surface area contributed by atoms with Crippen LogP contribution in [-0.2, 0) is 25.7 Å². The summed E-state index contributed by atoms with van der Waals surface area (Å²) >= 11 is 1.37. The van der Waals surface area contributed by atoms with Crippen LogP contribution in [0.15, 0.2) is 42.9 Å². The van der Waals surface area contributed by atoms with E-state index in [2.05, 4.69) is 25.2 Å². The maximum absolute atomic E-state index is 12.9. The second-order valence-electron chi connectivity index (χ2n) is 6.59. The molecule has 150 valence electrons. The van der Waals surface area contributed by atoms with Crippen molar-refractivity contribution in [2.45, 2.75) is 25.7 Å². The van der Waals surface area contributed by atoms with Gasteiger partial charge in [-0.2, -0.15) is 13.2 Å².